The van der Waals surface area contributed by atoms with Crippen LogP contribution in [-0.4, -0.2) is 55.3 Å². The van der Waals surface area contributed by atoms with E-state index in [2.05, 4.69) is 5.32 Å². The van der Waals surface area contributed by atoms with E-state index in [9.17, 15) is 14.4 Å². The van der Waals surface area contributed by atoms with E-state index in [4.69, 9.17) is 9.73 Å². The quantitative estimate of drug-likeness (QED) is 0.328. The number of aliphatic imine (C=N–C) groups is 1. The summed E-state index contributed by atoms with van der Waals surface area (Å²) < 4.78 is 5.11. The highest BCUT2D eigenvalue weighted by atomic mass is 16.5. The molecule has 2 aliphatic rings. The maximum absolute atomic E-state index is 13.3. The lowest BCUT2D eigenvalue weighted by Crippen LogP contribution is -2.43. The van der Waals surface area contributed by atoms with Crippen LogP contribution in [0.15, 0.2) is 77.8 Å². The maximum Gasteiger partial charge on any atom is 0.338 e. The predicted octanol–water partition coefficient (Wildman–Crippen LogP) is 5.76. The van der Waals surface area contributed by atoms with E-state index in [1.54, 1.807) is 37.1 Å². The van der Waals surface area contributed by atoms with E-state index in [1.165, 1.54) is 6.42 Å². The molecule has 8 nitrogen and oxygen atoms in total. The fourth-order valence-corrected chi connectivity index (χ4v) is 5.08. The minimum absolute atomic E-state index is 0.00246. The number of nitrogens with one attached hydrogen (secondary N) is 1. The normalized spacial score (nSPS) is 16.9. The van der Waals surface area contributed by atoms with Gasteiger partial charge >= 0.3 is 12.0 Å². The van der Waals surface area contributed by atoms with Gasteiger partial charge in [-0.25, -0.2) is 9.59 Å². The van der Waals surface area contributed by atoms with Gasteiger partial charge in [-0.2, -0.15) is 0 Å². The summed E-state index contributed by atoms with van der Waals surface area (Å²) in [5.41, 5.74) is 4.57. The molecule has 1 saturated heterocycles. The number of likely N-dealkylation sites (tertiary alicyclic amines) is 1. The van der Waals surface area contributed by atoms with E-state index >= 15 is 0 Å². The highest BCUT2D eigenvalue weighted by Gasteiger charge is 2.36. The highest BCUT2D eigenvalue weighted by molar-refractivity contribution is 6.24. The third kappa shape index (κ3) is 5.55. The van der Waals surface area contributed by atoms with Gasteiger partial charge in [0.1, 0.15) is 5.92 Å². The Morgan fingerprint density at radius 2 is 1.69 bits per heavy atom. The first-order valence-electron chi connectivity index (χ1n) is 13.3. The fourth-order valence-electron chi connectivity index (χ4n) is 5.08. The Bertz CT molecular complexity index is 1400. The average Bonchev–Trinajstić information content (AvgIpc) is 3.31. The Labute approximate surface area is 228 Å². The Balaban J connectivity index is 1.45. The number of benzene rings is 3. The molecule has 3 amide bonds. The second-order valence-corrected chi connectivity index (χ2v) is 9.71. The molecule has 0 radical (unpaired) electrons. The molecule has 0 saturated carbocycles. The predicted molar refractivity (Wildman–Crippen MR) is 152 cm³/mol. The highest BCUT2D eigenvalue weighted by Crippen LogP contribution is 2.37. The van der Waals surface area contributed by atoms with Gasteiger partial charge in [-0.15, -0.1) is 0 Å². The number of nitrogens with zero attached hydrogens (tertiary/aromatic N) is 3. The Morgan fingerprint density at radius 1 is 0.974 bits per heavy atom. The topological polar surface area (TPSA) is 91.3 Å². The van der Waals surface area contributed by atoms with E-state index in [0.717, 1.165) is 42.7 Å². The zero-order valence-corrected chi connectivity index (χ0v) is 22.2. The molecule has 8 heteroatoms. The summed E-state index contributed by atoms with van der Waals surface area (Å²) in [4.78, 5) is 46.9. The van der Waals surface area contributed by atoms with Crippen molar-refractivity contribution in [3.05, 3.63) is 89.5 Å². The van der Waals surface area contributed by atoms with Gasteiger partial charge in [0.2, 0.25) is 5.91 Å². The number of carbonyl (C=O) groups is 3. The van der Waals surface area contributed by atoms with Crippen molar-refractivity contribution in [1.82, 2.24) is 4.90 Å². The van der Waals surface area contributed by atoms with Crippen molar-refractivity contribution in [3.63, 3.8) is 0 Å². The van der Waals surface area contributed by atoms with Gasteiger partial charge in [-0.05, 0) is 73.7 Å². The summed E-state index contributed by atoms with van der Waals surface area (Å²) in [5, 5.41) is 2.91. The third-order valence-electron chi connectivity index (χ3n) is 7.14. The molecule has 1 unspecified atom stereocenters. The van der Waals surface area contributed by atoms with Crippen LogP contribution in [-0.2, 0) is 9.53 Å². The monoisotopic (exact) mass is 524 g/mol. The molecule has 1 N–H and O–H groups in total. The molecule has 0 spiro atoms. The summed E-state index contributed by atoms with van der Waals surface area (Å²) in [5.74, 6) is -1.29. The lowest BCUT2D eigenvalue weighted by Gasteiger charge is -2.31. The van der Waals surface area contributed by atoms with Crippen molar-refractivity contribution in [2.75, 3.05) is 37.0 Å². The number of esters is 1. The SMILES string of the molecule is CCOC(=O)c1ccc2c(c1)NC(=O)C2C(=Nc1ccc(N(C)C(=O)N2CCCCC2)cc1)c1ccccc1. The van der Waals surface area contributed by atoms with Gasteiger partial charge < -0.3 is 15.0 Å². The summed E-state index contributed by atoms with van der Waals surface area (Å²) in [6, 6.07) is 22.2. The lowest BCUT2D eigenvalue weighted by atomic mass is 9.90. The van der Waals surface area contributed by atoms with Crippen molar-refractivity contribution in [2.45, 2.75) is 32.1 Å². The molecule has 2 aliphatic heterocycles. The number of amides is 3. The first-order chi connectivity index (χ1) is 19.0. The number of anilines is 2. The Morgan fingerprint density at radius 3 is 2.38 bits per heavy atom. The molecule has 39 heavy (non-hydrogen) atoms. The van der Waals surface area contributed by atoms with Crippen LogP contribution in [0.3, 0.4) is 0 Å². The van der Waals surface area contributed by atoms with E-state index in [1.807, 2.05) is 59.5 Å². The minimum Gasteiger partial charge on any atom is -0.462 e. The van der Waals surface area contributed by atoms with E-state index in [-0.39, 0.29) is 18.5 Å². The second kappa shape index (κ2) is 11.5. The van der Waals surface area contributed by atoms with Gasteiger partial charge in [0, 0.05) is 31.5 Å². The van der Waals surface area contributed by atoms with Gasteiger partial charge in [0.15, 0.2) is 0 Å². The van der Waals surface area contributed by atoms with Gasteiger partial charge in [0.25, 0.3) is 0 Å². The summed E-state index contributed by atoms with van der Waals surface area (Å²) in [7, 11) is 1.79. The smallest absolute Gasteiger partial charge is 0.338 e. The van der Waals surface area contributed by atoms with Gasteiger partial charge in [-0.3, -0.25) is 14.7 Å². The summed E-state index contributed by atoms with van der Waals surface area (Å²) in [6.07, 6.45) is 3.25. The summed E-state index contributed by atoms with van der Waals surface area (Å²) in [6.45, 7) is 3.61. The second-order valence-electron chi connectivity index (χ2n) is 9.71. The van der Waals surface area contributed by atoms with Crippen molar-refractivity contribution in [3.8, 4) is 0 Å². The number of hydrogen-bond donors (Lipinski definition) is 1. The molecule has 0 aliphatic carbocycles. The van der Waals surface area contributed by atoms with Crippen LogP contribution in [0, 0.1) is 0 Å². The van der Waals surface area contributed by atoms with Crippen LogP contribution < -0.4 is 10.2 Å². The van der Waals surface area contributed by atoms with E-state index < -0.39 is 11.9 Å². The number of carbonyl (C=O) groups excluding carboxylic acids is 3. The van der Waals surface area contributed by atoms with Crippen LogP contribution in [0.4, 0.5) is 21.9 Å². The molecule has 0 aromatic heterocycles. The molecular weight excluding hydrogens is 492 g/mol. The zero-order chi connectivity index (χ0) is 27.4. The van der Waals surface area contributed by atoms with Crippen molar-refractivity contribution < 1.29 is 19.1 Å². The standard InChI is InChI=1S/C31H32N4O4/c1-3-39-30(37)22-12-17-25-26(20-22)33-29(36)27(25)28(21-10-6-4-7-11-21)32-23-13-15-24(16-14-23)34(2)31(38)35-18-8-5-9-19-35/h4,6-7,10-17,20,27H,3,5,8-9,18-19H2,1-2H3,(H,33,36). The number of hydrogen-bond acceptors (Lipinski definition) is 5. The number of ether oxygens (including phenoxy) is 1. The number of urea groups is 1. The first-order valence-corrected chi connectivity index (χ1v) is 13.3. The molecule has 3 aromatic carbocycles. The molecular formula is C31H32N4O4. The number of fused-ring (bicyclic) bond motifs is 1. The van der Waals surface area contributed by atoms with Crippen LogP contribution >= 0.6 is 0 Å². The molecule has 2 heterocycles. The fraction of sp³-hybridized carbons (Fsp3) is 0.290. The van der Waals surface area contributed by atoms with Crippen LogP contribution in [0.1, 0.15) is 53.6 Å². The van der Waals surface area contributed by atoms with Crippen LogP contribution in [0.2, 0.25) is 0 Å². The Hall–Kier alpha value is -4.46. The largest absolute Gasteiger partial charge is 0.462 e. The molecule has 0 bridgehead atoms. The van der Waals surface area contributed by atoms with Crippen molar-refractivity contribution in [1.29, 1.82) is 0 Å². The van der Waals surface area contributed by atoms with Crippen LogP contribution in [0.25, 0.3) is 0 Å². The van der Waals surface area contributed by atoms with Crippen LogP contribution in [0.5, 0.6) is 0 Å². The molecule has 5 rings (SSSR count). The Kier molecular flexibility index (Phi) is 7.72. The third-order valence-corrected chi connectivity index (χ3v) is 7.14. The minimum atomic E-state index is -0.651. The zero-order valence-electron chi connectivity index (χ0n) is 22.2. The van der Waals surface area contributed by atoms with E-state index in [0.29, 0.717) is 22.6 Å². The molecule has 1 atom stereocenters. The summed E-state index contributed by atoms with van der Waals surface area (Å²) >= 11 is 0. The first kappa shape index (κ1) is 26.2. The average molecular weight is 525 g/mol. The molecule has 3 aromatic rings. The van der Waals surface area contributed by atoms with Gasteiger partial charge in [-0.1, -0.05) is 36.4 Å². The van der Waals surface area contributed by atoms with Crippen molar-refractivity contribution in [2.24, 2.45) is 4.99 Å². The van der Waals surface area contributed by atoms with Gasteiger partial charge in [0.05, 0.1) is 23.6 Å². The maximum atomic E-state index is 13.3. The van der Waals surface area contributed by atoms with Crippen molar-refractivity contribution >= 4 is 40.7 Å². The number of piperidine rings is 1. The lowest BCUT2D eigenvalue weighted by molar-refractivity contribution is -0.115. The molecule has 1 fully saturated rings. The number of rotatable bonds is 6. The molecule has 200 valence electrons.